The molecule has 0 aromatic carbocycles. The fourth-order valence-corrected chi connectivity index (χ4v) is 2.57. The Morgan fingerprint density at radius 1 is 1.35 bits per heavy atom. The molecule has 3 rings (SSSR count). The summed E-state index contributed by atoms with van der Waals surface area (Å²) in [6, 6.07) is 1.80. The number of halogens is 2. The van der Waals surface area contributed by atoms with E-state index >= 15 is 0 Å². The lowest BCUT2D eigenvalue weighted by molar-refractivity contribution is 0.178. The van der Waals surface area contributed by atoms with Crippen molar-refractivity contribution in [2.45, 2.75) is 39.2 Å². The van der Waals surface area contributed by atoms with Crippen LogP contribution in [0.4, 0.5) is 5.82 Å². The van der Waals surface area contributed by atoms with E-state index in [0.29, 0.717) is 10.9 Å². The molecule has 0 radical (unpaired) electrons. The molecule has 130 valence electrons. The van der Waals surface area contributed by atoms with Gasteiger partial charge in [-0.2, -0.15) is 5.53 Å². The minimum atomic E-state index is -0.117. The van der Waals surface area contributed by atoms with Crippen molar-refractivity contribution >= 4 is 33.3 Å². The van der Waals surface area contributed by atoms with E-state index in [-0.39, 0.29) is 6.10 Å². The maximum absolute atomic E-state index is 9.41. The van der Waals surface area contributed by atoms with Gasteiger partial charge in [-0.3, -0.25) is 0 Å². The molecule has 2 atom stereocenters. The van der Waals surface area contributed by atoms with Crippen LogP contribution in [0.15, 0.2) is 29.1 Å². The van der Waals surface area contributed by atoms with Crippen molar-refractivity contribution in [1.82, 2.24) is 21.4 Å². The standard InChI is InChI=1S/C11H14BrClN2O.C2H5N3.C2H6/c12-9-6-15-11(4-10(9)13)14-5-7-1-2-8(16)3-7;1-2-4-5-3-1;1-2/h4,6-8,16H,1-3,5H2,(H,14,15);1-5H;1-2H3. The molecule has 2 aliphatic rings. The van der Waals surface area contributed by atoms with Gasteiger partial charge >= 0.3 is 0 Å². The lowest BCUT2D eigenvalue weighted by Crippen LogP contribution is -2.29. The van der Waals surface area contributed by atoms with Crippen LogP contribution in [0.1, 0.15) is 33.1 Å². The Labute approximate surface area is 151 Å². The zero-order valence-corrected chi connectivity index (χ0v) is 15.8. The molecule has 6 nitrogen and oxygen atoms in total. The van der Waals surface area contributed by atoms with E-state index in [0.717, 1.165) is 36.1 Å². The highest BCUT2D eigenvalue weighted by atomic mass is 79.9. The number of aromatic nitrogens is 1. The summed E-state index contributed by atoms with van der Waals surface area (Å²) in [6.45, 7) is 4.85. The summed E-state index contributed by atoms with van der Waals surface area (Å²) in [5.74, 6) is 1.33. The van der Waals surface area contributed by atoms with Crippen molar-refractivity contribution in [2.24, 2.45) is 5.92 Å². The van der Waals surface area contributed by atoms with E-state index in [1.807, 2.05) is 13.8 Å². The minimum Gasteiger partial charge on any atom is -0.393 e. The fraction of sp³-hybridized carbons (Fsp3) is 0.533. The van der Waals surface area contributed by atoms with Crippen LogP contribution in [0.3, 0.4) is 0 Å². The third-order valence-corrected chi connectivity index (χ3v) is 4.46. The average molecular weight is 407 g/mol. The molecular formula is C15H25BrClN5O. The van der Waals surface area contributed by atoms with Crippen molar-refractivity contribution < 1.29 is 5.11 Å². The van der Waals surface area contributed by atoms with Gasteiger partial charge in [0.25, 0.3) is 0 Å². The number of anilines is 1. The first kappa shape index (κ1) is 20.0. The van der Waals surface area contributed by atoms with Crippen molar-refractivity contribution in [3.63, 3.8) is 0 Å². The highest BCUT2D eigenvalue weighted by molar-refractivity contribution is 9.10. The Morgan fingerprint density at radius 3 is 2.52 bits per heavy atom. The summed E-state index contributed by atoms with van der Waals surface area (Å²) in [7, 11) is 0. The van der Waals surface area contributed by atoms with Crippen molar-refractivity contribution in [3.05, 3.63) is 34.2 Å². The largest absolute Gasteiger partial charge is 0.393 e. The van der Waals surface area contributed by atoms with E-state index in [1.54, 1.807) is 24.7 Å². The molecule has 2 unspecified atom stereocenters. The number of hydrogen-bond acceptors (Lipinski definition) is 6. The van der Waals surface area contributed by atoms with Crippen LogP contribution in [0.5, 0.6) is 0 Å². The summed E-state index contributed by atoms with van der Waals surface area (Å²) in [5, 5.41) is 13.3. The van der Waals surface area contributed by atoms with Gasteiger partial charge in [-0.15, -0.1) is 0 Å². The Balaban J connectivity index is 0.000000317. The summed E-state index contributed by atoms with van der Waals surface area (Å²) in [6.07, 6.45) is 7.98. The molecule has 0 spiro atoms. The van der Waals surface area contributed by atoms with E-state index in [4.69, 9.17) is 11.6 Å². The van der Waals surface area contributed by atoms with Gasteiger partial charge in [0.15, 0.2) is 0 Å². The summed E-state index contributed by atoms with van der Waals surface area (Å²) in [4.78, 5) is 4.21. The summed E-state index contributed by atoms with van der Waals surface area (Å²) >= 11 is 9.26. The predicted molar refractivity (Wildman–Crippen MR) is 98.7 cm³/mol. The summed E-state index contributed by atoms with van der Waals surface area (Å²) in [5.41, 5.74) is 7.97. The molecule has 23 heavy (non-hydrogen) atoms. The van der Waals surface area contributed by atoms with Crippen molar-refractivity contribution in [3.8, 4) is 0 Å². The number of nitrogens with one attached hydrogen (secondary N) is 4. The zero-order valence-electron chi connectivity index (χ0n) is 13.4. The number of nitrogens with zero attached hydrogens (tertiary/aromatic N) is 1. The number of aliphatic hydroxyl groups is 1. The second-order valence-corrected chi connectivity index (χ2v) is 6.21. The lowest BCUT2D eigenvalue weighted by atomic mass is 10.1. The SMILES string of the molecule is C1=CNNN1.CC.OC1CCC(CNc2cc(Cl)c(Br)cn2)C1. The third kappa shape index (κ3) is 7.87. The monoisotopic (exact) mass is 405 g/mol. The highest BCUT2D eigenvalue weighted by Crippen LogP contribution is 2.27. The fourth-order valence-electron chi connectivity index (χ4n) is 2.20. The topological polar surface area (TPSA) is 81.2 Å². The van der Waals surface area contributed by atoms with Crippen LogP contribution in [0.2, 0.25) is 5.02 Å². The molecule has 8 heteroatoms. The molecule has 1 aromatic heterocycles. The molecule has 0 bridgehead atoms. The number of rotatable bonds is 3. The van der Waals surface area contributed by atoms with Crippen LogP contribution in [-0.4, -0.2) is 22.7 Å². The van der Waals surface area contributed by atoms with Crippen molar-refractivity contribution in [2.75, 3.05) is 11.9 Å². The second-order valence-electron chi connectivity index (χ2n) is 4.94. The van der Waals surface area contributed by atoms with Crippen LogP contribution in [0, 0.1) is 5.92 Å². The Hall–Kier alpha value is -1.02. The molecule has 1 aliphatic heterocycles. The number of hydrazine groups is 2. The van der Waals surface area contributed by atoms with Gasteiger partial charge in [0.2, 0.25) is 0 Å². The average Bonchev–Trinajstić information content (AvgIpc) is 3.25. The van der Waals surface area contributed by atoms with Crippen molar-refractivity contribution in [1.29, 1.82) is 0 Å². The highest BCUT2D eigenvalue weighted by Gasteiger charge is 2.22. The molecule has 1 saturated carbocycles. The number of aliphatic hydroxyl groups excluding tert-OH is 1. The Kier molecular flexibility index (Phi) is 10.0. The molecule has 1 fully saturated rings. The first-order valence-corrected chi connectivity index (χ1v) is 8.96. The number of hydrogen-bond donors (Lipinski definition) is 5. The van der Waals surface area contributed by atoms with Gasteiger partial charge < -0.3 is 21.3 Å². The van der Waals surface area contributed by atoms with Gasteiger partial charge in [-0.05, 0) is 41.1 Å². The molecule has 2 heterocycles. The molecular weight excluding hydrogens is 382 g/mol. The van der Waals surface area contributed by atoms with Gasteiger partial charge in [0.05, 0.1) is 15.6 Å². The first-order chi connectivity index (χ1) is 11.1. The van der Waals surface area contributed by atoms with E-state index in [1.165, 1.54) is 0 Å². The molecule has 1 aliphatic carbocycles. The maximum Gasteiger partial charge on any atom is 0.127 e. The molecule has 0 saturated heterocycles. The zero-order chi connectivity index (χ0) is 17.1. The quantitative estimate of drug-likeness (QED) is 0.530. The van der Waals surface area contributed by atoms with Crippen LogP contribution >= 0.6 is 27.5 Å². The Bertz CT molecular complexity index is 483. The summed E-state index contributed by atoms with van der Waals surface area (Å²) < 4.78 is 0.802. The van der Waals surface area contributed by atoms with Gasteiger partial charge in [-0.25, -0.2) is 4.98 Å². The maximum atomic E-state index is 9.41. The smallest absolute Gasteiger partial charge is 0.127 e. The predicted octanol–water partition coefficient (Wildman–Crippen LogP) is 3.17. The third-order valence-electron chi connectivity index (χ3n) is 3.29. The minimum absolute atomic E-state index is 0.117. The number of pyridine rings is 1. The van der Waals surface area contributed by atoms with Gasteiger partial charge in [0, 0.05) is 31.2 Å². The molecule has 1 aromatic rings. The Morgan fingerprint density at radius 2 is 2.04 bits per heavy atom. The van der Waals surface area contributed by atoms with Crippen LogP contribution in [0.25, 0.3) is 0 Å². The van der Waals surface area contributed by atoms with Gasteiger partial charge in [-0.1, -0.05) is 25.4 Å². The van der Waals surface area contributed by atoms with E-state index in [9.17, 15) is 5.11 Å². The first-order valence-electron chi connectivity index (χ1n) is 7.79. The lowest BCUT2D eigenvalue weighted by Gasteiger charge is -2.11. The van der Waals surface area contributed by atoms with Crippen LogP contribution < -0.4 is 21.7 Å². The van der Waals surface area contributed by atoms with Crippen LogP contribution in [-0.2, 0) is 0 Å². The van der Waals surface area contributed by atoms with Gasteiger partial charge in [0.1, 0.15) is 5.82 Å². The molecule has 0 amide bonds. The van der Waals surface area contributed by atoms with E-state index in [2.05, 4.69) is 42.6 Å². The van der Waals surface area contributed by atoms with E-state index < -0.39 is 0 Å². The molecule has 5 N–H and O–H groups in total. The normalized spacial score (nSPS) is 21.3. The second kappa shape index (κ2) is 11.5.